The summed E-state index contributed by atoms with van der Waals surface area (Å²) in [5.41, 5.74) is 0.999. The third-order valence-electron chi connectivity index (χ3n) is 4.90. The van der Waals surface area contributed by atoms with E-state index in [4.69, 9.17) is 9.47 Å². The number of carbonyl (C=O) groups is 2. The molecule has 0 radical (unpaired) electrons. The highest BCUT2D eigenvalue weighted by atomic mass is 16.6. The predicted molar refractivity (Wildman–Crippen MR) is 113 cm³/mol. The molecule has 0 fully saturated rings. The minimum atomic E-state index is -1.47. The average molecular weight is 402 g/mol. The van der Waals surface area contributed by atoms with E-state index < -0.39 is 17.6 Å². The third-order valence-corrected chi connectivity index (χ3v) is 4.90. The van der Waals surface area contributed by atoms with Crippen LogP contribution in [-0.2, 0) is 19.8 Å². The number of nitrogens with zero attached hydrogens (tertiary/aromatic N) is 2. The van der Waals surface area contributed by atoms with Crippen molar-refractivity contribution in [3.05, 3.63) is 83.1 Å². The van der Waals surface area contributed by atoms with E-state index in [1.54, 1.807) is 31.2 Å². The summed E-state index contributed by atoms with van der Waals surface area (Å²) in [6.45, 7) is 1.86. The Morgan fingerprint density at radius 2 is 1.83 bits per heavy atom. The van der Waals surface area contributed by atoms with Gasteiger partial charge >= 0.3 is 12.1 Å². The Balaban J connectivity index is 2.16. The number of hydrogen-bond acceptors (Lipinski definition) is 5. The van der Waals surface area contributed by atoms with Crippen LogP contribution in [-0.4, -0.2) is 30.7 Å². The Bertz CT molecular complexity index is 1040. The van der Waals surface area contributed by atoms with E-state index >= 15 is 0 Å². The van der Waals surface area contributed by atoms with Crippen molar-refractivity contribution in [2.75, 3.05) is 13.7 Å². The van der Waals surface area contributed by atoms with E-state index in [0.717, 1.165) is 11.1 Å². The molecule has 1 unspecified atom stereocenters. The maximum absolute atomic E-state index is 12.7. The van der Waals surface area contributed by atoms with Gasteiger partial charge in [-0.05, 0) is 30.2 Å². The Morgan fingerprint density at radius 3 is 2.50 bits per heavy atom. The molecule has 0 saturated heterocycles. The van der Waals surface area contributed by atoms with Crippen molar-refractivity contribution in [2.24, 2.45) is 0 Å². The molecule has 1 atom stereocenters. The maximum Gasteiger partial charge on any atom is 0.415 e. The summed E-state index contributed by atoms with van der Waals surface area (Å²) in [6.07, 6.45) is 4.23. The smallest absolute Gasteiger partial charge is 0.415 e. The number of methoxy groups -OCH3 is 1. The number of hydrogen-bond donors (Lipinski definition) is 0. The lowest BCUT2D eigenvalue weighted by molar-refractivity contribution is -0.136. The molecule has 3 rings (SSSR count). The van der Waals surface area contributed by atoms with Crippen molar-refractivity contribution >= 4 is 24.2 Å². The second kappa shape index (κ2) is 9.10. The molecule has 1 aliphatic rings. The van der Waals surface area contributed by atoms with Crippen LogP contribution in [0.15, 0.2) is 66.4 Å². The minimum absolute atomic E-state index is 0.0643. The topological polar surface area (TPSA) is 79.6 Å². The zero-order valence-corrected chi connectivity index (χ0v) is 16.9. The second-order valence-electron chi connectivity index (χ2n) is 6.69. The molecule has 6 heteroatoms. The van der Waals surface area contributed by atoms with Crippen LogP contribution in [0.25, 0.3) is 12.2 Å². The van der Waals surface area contributed by atoms with Gasteiger partial charge in [0.2, 0.25) is 0 Å². The van der Waals surface area contributed by atoms with Crippen molar-refractivity contribution < 1.29 is 19.1 Å². The first-order valence-electron chi connectivity index (χ1n) is 9.54. The molecule has 152 valence electrons. The first kappa shape index (κ1) is 20.9. The first-order chi connectivity index (χ1) is 14.6. The molecular weight excluding hydrogens is 380 g/mol. The summed E-state index contributed by atoms with van der Waals surface area (Å²) in [5, 5.41) is 10.3. The van der Waals surface area contributed by atoms with Crippen LogP contribution in [0.2, 0.25) is 0 Å². The van der Waals surface area contributed by atoms with Crippen LogP contribution in [0.5, 0.6) is 0 Å². The van der Waals surface area contributed by atoms with Gasteiger partial charge in [0.05, 0.1) is 19.8 Å². The molecule has 0 saturated carbocycles. The Kier molecular flexibility index (Phi) is 6.33. The number of ether oxygens (including phenoxy) is 2. The predicted octanol–water partition coefficient (Wildman–Crippen LogP) is 4.49. The number of esters is 1. The molecule has 2 aromatic carbocycles. The lowest BCUT2D eigenvalue weighted by Gasteiger charge is -2.39. The number of carbonyl (C=O) groups excluding carboxylic acids is 2. The standard InChI is InChI=1S/C24H22N2O4/c1-3-30-23(28)26-14-13-19-11-7-8-12-21(19)24(26,17-25)16-20(22(27)29-2)15-18-9-5-4-6-10-18/h4-15H,3,16H2,1-2H3/b20-15+. The molecule has 0 spiro atoms. The summed E-state index contributed by atoms with van der Waals surface area (Å²) < 4.78 is 10.2. The van der Waals surface area contributed by atoms with Gasteiger partial charge in [0.25, 0.3) is 0 Å². The molecule has 6 nitrogen and oxygen atoms in total. The zero-order chi connectivity index (χ0) is 21.6. The van der Waals surface area contributed by atoms with Crippen LogP contribution >= 0.6 is 0 Å². The first-order valence-corrected chi connectivity index (χ1v) is 9.54. The molecular formula is C24H22N2O4. The molecule has 0 bridgehead atoms. The Morgan fingerprint density at radius 1 is 1.13 bits per heavy atom. The Labute approximate surface area is 175 Å². The number of rotatable bonds is 5. The maximum atomic E-state index is 12.7. The normalized spacial score (nSPS) is 17.6. The number of fused-ring (bicyclic) bond motifs is 1. The zero-order valence-electron chi connectivity index (χ0n) is 16.9. The molecule has 0 N–H and O–H groups in total. The average Bonchev–Trinajstić information content (AvgIpc) is 2.78. The minimum Gasteiger partial charge on any atom is -0.466 e. The molecule has 1 aliphatic heterocycles. The van der Waals surface area contributed by atoms with E-state index in [1.807, 2.05) is 42.5 Å². The van der Waals surface area contributed by atoms with Gasteiger partial charge in [-0.3, -0.25) is 4.90 Å². The second-order valence-corrected chi connectivity index (χ2v) is 6.69. The van der Waals surface area contributed by atoms with Crippen molar-refractivity contribution in [3.8, 4) is 6.07 Å². The van der Waals surface area contributed by atoms with E-state index in [0.29, 0.717) is 5.56 Å². The fourth-order valence-corrected chi connectivity index (χ4v) is 3.51. The van der Waals surface area contributed by atoms with Crippen LogP contribution in [0, 0.1) is 11.3 Å². The monoisotopic (exact) mass is 402 g/mol. The van der Waals surface area contributed by atoms with Gasteiger partial charge in [0.15, 0.2) is 5.54 Å². The summed E-state index contributed by atoms with van der Waals surface area (Å²) in [5.74, 6) is -0.565. The van der Waals surface area contributed by atoms with Crippen LogP contribution in [0.1, 0.15) is 30.0 Å². The summed E-state index contributed by atoms with van der Waals surface area (Å²) >= 11 is 0. The van der Waals surface area contributed by atoms with Crippen molar-refractivity contribution in [2.45, 2.75) is 18.9 Å². The molecule has 0 aromatic heterocycles. The van der Waals surface area contributed by atoms with Crippen LogP contribution < -0.4 is 0 Å². The fraction of sp³-hybridized carbons (Fsp3) is 0.208. The lowest BCUT2D eigenvalue weighted by atomic mass is 9.79. The highest BCUT2D eigenvalue weighted by Gasteiger charge is 2.46. The molecule has 30 heavy (non-hydrogen) atoms. The number of amides is 1. The van der Waals surface area contributed by atoms with E-state index in [1.165, 1.54) is 18.2 Å². The van der Waals surface area contributed by atoms with E-state index in [2.05, 4.69) is 6.07 Å². The fourth-order valence-electron chi connectivity index (χ4n) is 3.51. The van der Waals surface area contributed by atoms with E-state index in [-0.39, 0.29) is 18.6 Å². The van der Waals surface area contributed by atoms with Gasteiger partial charge in [-0.15, -0.1) is 0 Å². The molecule has 0 aliphatic carbocycles. The van der Waals surface area contributed by atoms with Gasteiger partial charge in [-0.25, -0.2) is 9.59 Å². The van der Waals surface area contributed by atoms with Gasteiger partial charge < -0.3 is 9.47 Å². The summed E-state index contributed by atoms with van der Waals surface area (Å²) in [4.78, 5) is 26.6. The Hall–Kier alpha value is -3.85. The van der Waals surface area contributed by atoms with Gasteiger partial charge in [0, 0.05) is 23.8 Å². The van der Waals surface area contributed by atoms with Crippen molar-refractivity contribution in [3.63, 3.8) is 0 Å². The third kappa shape index (κ3) is 3.96. The van der Waals surface area contributed by atoms with Gasteiger partial charge in [-0.1, -0.05) is 54.6 Å². The highest BCUT2D eigenvalue weighted by Crippen LogP contribution is 2.41. The van der Waals surface area contributed by atoms with Gasteiger partial charge in [-0.2, -0.15) is 5.26 Å². The molecule has 1 heterocycles. The molecule has 1 amide bonds. The number of benzene rings is 2. The van der Waals surface area contributed by atoms with Gasteiger partial charge in [0.1, 0.15) is 0 Å². The SMILES string of the molecule is CCOC(=O)N1C=Cc2ccccc2C1(C#N)C/C(=C\c1ccccc1)C(=O)OC. The van der Waals surface area contributed by atoms with Crippen molar-refractivity contribution in [1.82, 2.24) is 4.90 Å². The quantitative estimate of drug-likeness (QED) is 0.544. The lowest BCUT2D eigenvalue weighted by Crippen LogP contribution is -2.48. The van der Waals surface area contributed by atoms with Crippen LogP contribution in [0.3, 0.4) is 0 Å². The van der Waals surface area contributed by atoms with Crippen molar-refractivity contribution in [1.29, 1.82) is 5.26 Å². The number of nitriles is 1. The highest BCUT2D eigenvalue weighted by molar-refractivity contribution is 5.94. The summed E-state index contributed by atoms with van der Waals surface area (Å²) in [6, 6.07) is 18.8. The van der Waals surface area contributed by atoms with Crippen LogP contribution in [0.4, 0.5) is 4.79 Å². The summed E-state index contributed by atoms with van der Waals surface area (Å²) in [7, 11) is 1.29. The largest absolute Gasteiger partial charge is 0.466 e. The molecule has 2 aromatic rings. The van der Waals surface area contributed by atoms with E-state index in [9.17, 15) is 14.9 Å².